The van der Waals surface area contributed by atoms with Crippen LogP contribution in [0.2, 0.25) is 0 Å². The number of carbonyl (C=O) groups is 1. The molecular formula is C14H12Br2FNOS. The van der Waals surface area contributed by atoms with E-state index in [2.05, 4.69) is 37.2 Å². The first-order valence-corrected chi connectivity index (χ1v) is 8.30. The zero-order valence-electron chi connectivity index (χ0n) is 10.8. The highest BCUT2D eigenvalue weighted by atomic mass is 79.9. The van der Waals surface area contributed by atoms with Crippen LogP contribution in [0, 0.1) is 12.7 Å². The highest BCUT2D eigenvalue weighted by Crippen LogP contribution is 2.32. The molecule has 2 rings (SSSR count). The number of hydrogen-bond donors (Lipinski definition) is 1. The molecule has 0 aliphatic carbocycles. The molecule has 1 unspecified atom stereocenters. The normalized spacial score (nSPS) is 12.2. The van der Waals surface area contributed by atoms with Crippen molar-refractivity contribution >= 4 is 49.1 Å². The molecule has 6 heteroatoms. The molecule has 0 saturated carbocycles. The van der Waals surface area contributed by atoms with Gasteiger partial charge < -0.3 is 5.32 Å². The van der Waals surface area contributed by atoms with Crippen molar-refractivity contribution in [3.05, 3.63) is 54.3 Å². The number of rotatable bonds is 3. The SMILES string of the molecule is Cc1ccc(C(C)NC(=O)c2cc(Br)sc2Br)cc1F. The monoisotopic (exact) mass is 419 g/mol. The predicted molar refractivity (Wildman–Crippen MR) is 86.7 cm³/mol. The summed E-state index contributed by atoms with van der Waals surface area (Å²) < 4.78 is 15.2. The molecule has 0 aliphatic heterocycles. The van der Waals surface area contributed by atoms with E-state index < -0.39 is 0 Å². The van der Waals surface area contributed by atoms with Crippen molar-refractivity contribution in [3.63, 3.8) is 0 Å². The Balaban J connectivity index is 2.14. The van der Waals surface area contributed by atoms with E-state index in [0.29, 0.717) is 11.1 Å². The van der Waals surface area contributed by atoms with Gasteiger partial charge in [-0.15, -0.1) is 11.3 Å². The van der Waals surface area contributed by atoms with Crippen molar-refractivity contribution in [1.29, 1.82) is 0 Å². The Bertz CT molecular complexity index is 657. The lowest BCUT2D eigenvalue weighted by molar-refractivity contribution is 0.0939. The Hall–Kier alpha value is -0.720. The van der Waals surface area contributed by atoms with E-state index in [-0.39, 0.29) is 17.8 Å². The van der Waals surface area contributed by atoms with Crippen LogP contribution in [0.1, 0.15) is 34.5 Å². The van der Waals surface area contributed by atoms with Gasteiger partial charge in [-0.3, -0.25) is 4.79 Å². The van der Waals surface area contributed by atoms with Gasteiger partial charge in [0.05, 0.1) is 19.2 Å². The quantitative estimate of drug-likeness (QED) is 0.725. The summed E-state index contributed by atoms with van der Waals surface area (Å²) in [5.74, 6) is -0.449. The van der Waals surface area contributed by atoms with Crippen LogP contribution >= 0.6 is 43.2 Å². The molecule has 0 aliphatic rings. The molecule has 1 N–H and O–H groups in total. The van der Waals surface area contributed by atoms with Gasteiger partial charge in [0.1, 0.15) is 5.82 Å². The second kappa shape index (κ2) is 6.37. The number of carbonyl (C=O) groups excluding carboxylic acids is 1. The van der Waals surface area contributed by atoms with E-state index in [1.54, 1.807) is 19.1 Å². The molecule has 0 bridgehead atoms. The van der Waals surface area contributed by atoms with Gasteiger partial charge in [0, 0.05) is 0 Å². The first-order chi connectivity index (χ1) is 9.38. The van der Waals surface area contributed by atoms with Gasteiger partial charge in [0.2, 0.25) is 0 Å². The van der Waals surface area contributed by atoms with Crippen LogP contribution in [0.3, 0.4) is 0 Å². The molecule has 0 fully saturated rings. The van der Waals surface area contributed by atoms with Crippen molar-refractivity contribution in [3.8, 4) is 0 Å². The average Bonchev–Trinajstić information content (AvgIpc) is 2.71. The van der Waals surface area contributed by atoms with E-state index in [1.807, 2.05) is 13.0 Å². The van der Waals surface area contributed by atoms with Crippen molar-refractivity contribution in [1.82, 2.24) is 5.32 Å². The minimum Gasteiger partial charge on any atom is -0.345 e. The highest BCUT2D eigenvalue weighted by molar-refractivity contribution is 9.12. The number of aryl methyl sites for hydroxylation is 1. The highest BCUT2D eigenvalue weighted by Gasteiger charge is 2.17. The molecule has 1 aromatic heterocycles. The van der Waals surface area contributed by atoms with Gasteiger partial charge in [-0.05, 0) is 69.0 Å². The minimum atomic E-state index is -0.261. The van der Waals surface area contributed by atoms with Crippen molar-refractivity contribution in [2.24, 2.45) is 0 Å². The minimum absolute atomic E-state index is 0.188. The number of benzene rings is 1. The van der Waals surface area contributed by atoms with Crippen LogP contribution in [0.4, 0.5) is 4.39 Å². The van der Waals surface area contributed by atoms with Gasteiger partial charge in [-0.25, -0.2) is 4.39 Å². The van der Waals surface area contributed by atoms with Gasteiger partial charge >= 0.3 is 0 Å². The van der Waals surface area contributed by atoms with E-state index >= 15 is 0 Å². The van der Waals surface area contributed by atoms with Crippen molar-refractivity contribution in [2.45, 2.75) is 19.9 Å². The number of hydrogen-bond acceptors (Lipinski definition) is 2. The zero-order chi connectivity index (χ0) is 14.9. The summed E-state index contributed by atoms with van der Waals surface area (Å²) in [6.45, 7) is 3.54. The van der Waals surface area contributed by atoms with Crippen LogP contribution in [-0.4, -0.2) is 5.91 Å². The van der Waals surface area contributed by atoms with Crippen molar-refractivity contribution in [2.75, 3.05) is 0 Å². The summed E-state index contributed by atoms with van der Waals surface area (Å²) >= 11 is 8.13. The summed E-state index contributed by atoms with van der Waals surface area (Å²) in [5.41, 5.74) is 1.91. The Labute approximate surface area is 137 Å². The van der Waals surface area contributed by atoms with Crippen molar-refractivity contribution < 1.29 is 9.18 Å². The van der Waals surface area contributed by atoms with Gasteiger partial charge in [0.15, 0.2) is 0 Å². The largest absolute Gasteiger partial charge is 0.345 e. The number of nitrogens with one attached hydrogen (secondary N) is 1. The average molecular weight is 421 g/mol. The first-order valence-electron chi connectivity index (χ1n) is 5.90. The zero-order valence-corrected chi connectivity index (χ0v) is 14.8. The van der Waals surface area contributed by atoms with E-state index in [0.717, 1.165) is 13.1 Å². The smallest absolute Gasteiger partial charge is 0.253 e. The number of thiophene rings is 1. The van der Waals surface area contributed by atoms with Gasteiger partial charge in [-0.1, -0.05) is 12.1 Å². The number of amides is 1. The summed E-state index contributed by atoms with van der Waals surface area (Å²) in [6.07, 6.45) is 0. The Morgan fingerprint density at radius 2 is 2.05 bits per heavy atom. The van der Waals surface area contributed by atoms with Crippen LogP contribution in [-0.2, 0) is 0 Å². The lowest BCUT2D eigenvalue weighted by atomic mass is 10.1. The molecule has 1 heterocycles. The predicted octanol–water partition coefficient (Wildman–Crippen LogP) is 5.21. The second-order valence-corrected chi connectivity index (χ2v) is 8.19. The number of halogens is 3. The summed E-state index contributed by atoms with van der Waals surface area (Å²) in [5, 5.41) is 2.86. The van der Waals surface area contributed by atoms with Crippen LogP contribution in [0.25, 0.3) is 0 Å². The van der Waals surface area contributed by atoms with Gasteiger partial charge in [-0.2, -0.15) is 0 Å². The molecule has 1 amide bonds. The third-order valence-corrected chi connectivity index (χ3v) is 5.28. The fourth-order valence-corrected chi connectivity index (χ4v) is 4.52. The van der Waals surface area contributed by atoms with Crippen LogP contribution < -0.4 is 5.32 Å². The topological polar surface area (TPSA) is 29.1 Å². The summed E-state index contributed by atoms with van der Waals surface area (Å²) in [7, 11) is 0. The lowest BCUT2D eigenvalue weighted by Gasteiger charge is -2.14. The molecule has 2 aromatic rings. The van der Waals surface area contributed by atoms with E-state index in [4.69, 9.17) is 0 Å². The molecule has 0 saturated heterocycles. The third kappa shape index (κ3) is 3.48. The van der Waals surface area contributed by atoms with Crippen LogP contribution in [0.15, 0.2) is 31.8 Å². The fraction of sp³-hybridized carbons (Fsp3) is 0.214. The second-order valence-electron chi connectivity index (χ2n) is 4.44. The third-order valence-electron chi connectivity index (χ3n) is 2.94. The summed E-state index contributed by atoms with van der Waals surface area (Å²) in [4.78, 5) is 12.2. The Kier molecular flexibility index (Phi) is 4.99. The maximum absolute atomic E-state index is 13.5. The lowest BCUT2D eigenvalue weighted by Crippen LogP contribution is -2.26. The molecule has 2 nitrogen and oxygen atoms in total. The fourth-order valence-electron chi connectivity index (χ4n) is 1.73. The molecule has 0 spiro atoms. The maximum Gasteiger partial charge on any atom is 0.253 e. The van der Waals surface area contributed by atoms with Gasteiger partial charge in [0.25, 0.3) is 5.91 Å². The summed E-state index contributed by atoms with van der Waals surface area (Å²) in [6, 6.07) is 6.49. The van der Waals surface area contributed by atoms with Crippen LogP contribution in [0.5, 0.6) is 0 Å². The molecule has 0 radical (unpaired) electrons. The first kappa shape index (κ1) is 15.7. The molecule has 106 valence electrons. The Morgan fingerprint density at radius 3 is 2.60 bits per heavy atom. The Morgan fingerprint density at radius 1 is 1.35 bits per heavy atom. The molecule has 1 aromatic carbocycles. The van der Waals surface area contributed by atoms with E-state index in [1.165, 1.54) is 17.4 Å². The maximum atomic E-state index is 13.5. The molecular weight excluding hydrogens is 409 g/mol. The molecule has 20 heavy (non-hydrogen) atoms. The molecule has 1 atom stereocenters. The standard InChI is InChI=1S/C14H12Br2FNOS/c1-7-3-4-9(5-11(7)17)8(2)18-14(19)10-6-12(15)20-13(10)16/h3-6,8H,1-2H3,(H,18,19). The van der Waals surface area contributed by atoms with E-state index in [9.17, 15) is 9.18 Å².